The van der Waals surface area contributed by atoms with Crippen LogP contribution in [0, 0.1) is 0 Å². The van der Waals surface area contributed by atoms with Gasteiger partial charge in [-0.2, -0.15) is 0 Å². The molecule has 0 saturated carbocycles. The third kappa shape index (κ3) is 4.53. The van der Waals surface area contributed by atoms with Gasteiger partial charge in [0, 0.05) is 55.1 Å². The Bertz CT molecular complexity index is 3760. The van der Waals surface area contributed by atoms with Gasteiger partial charge in [0.1, 0.15) is 11.2 Å². The zero-order chi connectivity index (χ0) is 39.0. The summed E-state index contributed by atoms with van der Waals surface area (Å²) < 4.78 is 8.86. The predicted molar refractivity (Wildman–Crippen MR) is 242 cm³/mol. The standard InChI is InChI=1S/C54H34N4O/c1-54(2)43-15-7-5-13-36(43)37-22-19-34(29-44(37)54)51-50-35-12-4-3-11-31(35)20-24-46(50)56-53(57-51)58-47-25-21-33(45-16-9-10-26-55-45)28-41(47)42-27-32-18-23-39-38-14-6-8-17-49(38)59-52(39)40(32)30-48(42)58/h3-30H,1-2H3. The van der Waals surface area contributed by atoms with Gasteiger partial charge in [-0.25, -0.2) is 9.97 Å². The van der Waals surface area contributed by atoms with Gasteiger partial charge in [0.05, 0.1) is 27.9 Å². The zero-order valence-corrected chi connectivity index (χ0v) is 32.4. The highest BCUT2D eigenvalue weighted by Crippen LogP contribution is 2.50. The fraction of sp³-hybridized carbons (Fsp3) is 0.0556. The molecule has 0 saturated heterocycles. The van der Waals surface area contributed by atoms with Crippen LogP contribution < -0.4 is 0 Å². The van der Waals surface area contributed by atoms with Crippen LogP contribution in [-0.4, -0.2) is 19.5 Å². The minimum Gasteiger partial charge on any atom is -0.455 e. The van der Waals surface area contributed by atoms with Crippen molar-refractivity contribution in [3.8, 4) is 39.6 Å². The smallest absolute Gasteiger partial charge is 0.235 e. The van der Waals surface area contributed by atoms with Gasteiger partial charge in [-0.3, -0.25) is 9.55 Å². The molecule has 0 spiro atoms. The van der Waals surface area contributed by atoms with E-state index in [1.807, 2.05) is 30.5 Å². The number of benzene rings is 8. The molecule has 5 heteroatoms. The van der Waals surface area contributed by atoms with Crippen LogP contribution in [0.2, 0.25) is 0 Å². The van der Waals surface area contributed by atoms with E-state index in [-0.39, 0.29) is 5.41 Å². The van der Waals surface area contributed by atoms with Crippen molar-refractivity contribution < 1.29 is 4.42 Å². The molecule has 0 bridgehead atoms. The molecule has 0 radical (unpaired) electrons. The predicted octanol–water partition coefficient (Wildman–Crippen LogP) is 14.0. The van der Waals surface area contributed by atoms with Crippen molar-refractivity contribution in [3.05, 3.63) is 181 Å². The molecule has 4 heterocycles. The first-order valence-electron chi connectivity index (χ1n) is 20.2. The summed E-state index contributed by atoms with van der Waals surface area (Å²) in [6.07, 6.45) is 1.85. The molecular formula is C54H34N4O. The van der Waals surface area contributed by atoms with E-state index >= 15 is 0 Å². The maximum atomic E-state index is 6.61. The first-order valence-corrected chi connectivity index (χ1v) is 20.2. The molecule has 0 N–H and O–H groups in total. The Morgan fingerprint density at radius 2 is 1.29 bits per heavy atom. The minimum atomic E-state index is -0.156. The summed E-state index contributed by atoms with van der Waals surface area (Å²) in [7, 11) is 0. The summed E-state index contributed by atoms with van der Waals surface area (Å²) in [6, 6.07) is 58.6. The second-order valence-corrected chi connectivity index (χ2v) is 16.4. The van der Waals surface area contributed by atoms with Crippen molar-refractivity contribution in [2.24, 2.45) is 0 Å². The summed E-state index contributed by atoms with van der Waals surface area (Å²) >= 11 is 0. The van der Waals surface area contributed by atoms with Crippen LogP contribution in [0.25, 0.3) is 116 Å². The van der Waals surface area contributed by atoms with Gasteiger partial charge in [0.2, 0.25) is 5.95 Å². The number of hydrogen-bond donors (Lipinski definition) is 0. The fourth-order valence-electron chi connectivity index (χ4n) is 9.98. The molecule has 0 fully saturated rings. The molecule has 4 aromatic heterocycles. The van der Waals surface area contributed by atoms with Gasteiger partial charge >= 0.3 is 0 Å². The van der Waals surface area contributed by atoms with Crippen LogP contribution >= 0.6 is 0 Å². The van der Waals surface area contributed by atoms with Gasteiger partial charge in [-0.05, 0) is 99.1 Å². The SMILES string of the molecule is CC1(C)c2ccccc2-c2ccc(-c3nc(-n4c5ccc(-c6ccccn6)cc5c5cc6ccc7c8ccccc8oc7c6cc54)nc4ccc5ccccc5c34)cc21. The van der Waals surface area contributed by atoms with Gasteiger partial charge in [-0.15, -0.1) is 0 Å². The normalized spacial score (nSPS) is 13.4. The number of para-hydroxylation sites is 1. The van der Waals surface area contributed by atoms with Crippen LogP contribution in [0.1, 0.15) is 25.0 Å². The Labute approximate surface area is 338 Å². The van der Waals surface area contributed by atoms with Gasteiger partial charge in [0.15, 0.2) is 0 Å². The van der Waals surface area contributed by atoms with Gasteiger partial charge in [-0.1, -0.05) is 117 Å². The first kappa shape index (κ1) is 32.5. The summed E-state index contributed by atoms with van der Waals surface area (Å²) in [5.41, 5.74) is 13.8. The van der Waals surface area contributed by atoms with E-state index in [0.29, 0.717) is 5.95 Å². The van der Waals surface area contributed by atoms with E-state index in [2.05, 4.69) is 158 Å². The van der Waals surface area contributed by atoms with Crippen LogP contribution in [0.15, 0.2) is 174 Å². The summed E-state index contributed by atoms with van der Waals surface area (Å²) in [6.45, 7) is 4.67. The third-order valence-corrected chi connectivity index (χ3v) is 12.8. The van der Waals surface area contributed by atoms with Gasteiger partial charge < -0.3 is 4.42 Å². The maximum absolute atomic E-state index is 6.61. The zero-order valence-electron chi connectivity index (χ0n) is 32.4. The molecular weight excluding hydrogens is 721 g/mol. The average Bonchev–Trinajstić information content (AvgIpc) is 3.90. The van der Waals surface area contributed by atoms with Gasteiger partial charge in [0.25, 0.3) is 0 Å². The van der Waals surface area contributed by atoms with E-state index in [4.69, 9.17) is 19.4 Å². The molecule has 0 amide bonds. The molecule has 1 aliphatic carbocycles. The Morgan fingerprint density at radius 3 is 2.20 bits per heavy atom. The van der Waals surface area contributed by atoms with Crippen LogP contribution in [0.5, 0.6) is 0 Å². The van der Waals surface area contributed by atoms with Crippen molar-refractivity contribution in [1.82, 2.24) is 19.5 Å². The quantitative estimate of drug-likeness (QED) is 0.169. The fourth-order valence-corrected chi connectivity index (χ4v) is 9.98. The van der Waals surface area contributed by atoms with Crippen LogP contribution in [0.3, 0.4) is 0 Å². The lowest BCUT2D eigenvalue weighted by molar-refractivity contribution is 0.660. The summed E-state index contributed by atoms with van der Waals surface area (Å²) in [5.74, 6) is 0.618. The highest BCUT2D eigenvalue weighted by molar-refractivity contribution is 6.21. The van der Waals surface area contributed by atoms with E-state index in [0.717, 1.165) is 98.7 Å². The second-order valence-electron chi connectivity index (χ2n) is 16.4. The summed E-state index contributed by atoms with van der Waals surface area (Å²) in [5, 5.41) is 9.93. The Balaban J connectivity index is 1.14. The Kier molecular flexibility index (Phi) is 6.44. The lowest BCUT2D eigenvalue weighted by Crippen LogP contribution is -2.15. The lowest BCUT2D eigenvalue weighted by atomic mass is 9.81. The summed E-state index contributed by atoms with van der Waals surface area (Å²) in [4.78, 5) is 15.8. The molecule has 12 aromatic rings. The number of rotatable bonds is 3. The first-order chi connectivity index (χ1) is 29.0. The molecule has 0 aliphatic heterocycles. The van der Waals surface area contributed by atoms with Crippen molar-refractivity contribution in [2.45, 2.75) is 19.3 Å². The van der Waals surface area contributed by atoms with E-state index < -0.39 is 0 Å². The molecule has 1 aliphatic rings. The number of nitrogens with zero attached hydrogens (tertiary/aromatic N) is 4. The average molecular weight is 755 g/mol. The highest BCUT2D eigenvalue weighted by atomic mass is 16.3. The topological polar surface area (TPSA) is 56.7 Å². The highest BCUT2D eigenvalue weighted by Gasteiger charge is 2.35. The van der Waals surface area contributed by atoms with E-state index in [1.165, 1.54) is 22.3 Å². The molecule has 8 aromatic carbocycles. The molecule has 59 heavy (non-hydrogen) atoms. The maximum Gasteiger partial charge on any atom is 0.235 e. The molecule has 5 nitrogen and oxygen atoms in total. The number of pyridine rings is 1. The van der Waals surface area contributed by atoms with Crippen LogP contribution in [0.4, 0.5) is 0 Å². The lowest BCUT2D eigenvalue weighted by Gasteiger charge is -2.22. The van der Waals surface area contributed by atoms with Crippen molar-refractivity contribution >= 4 is 76.2 Å². The van der Waals surface area contributed by atoms with Crippen LogP contribution in [-0.2, 0) is 5.41 Å². The largest absolute Gasteiger partial charge is 0.455 e. The molecule has 276 valence electrons. The van der Waals surface area contributed by atoms with E-state index in [1.54, 1.807) is 0 Å². The van der Waals surface area contributed by atoms with Crippen molar-refractivity contribution in [1.29, 1.82) is 0 Å². The van der Waals surface area contributed by atoms with Crippen molar-refractivity contribution in [3.63, 3.8) is 0 Å². The number of hydrogen-bond acceptors (Lipinski definition) is 4. The minimum absolute atomic E-state index is 0.156. The number of fused-ring (bicyclic) bond motifs is 14. The number of furan rings is 1. The molecule has 0 unspecified atom stereocenters. The van der Waals surface area contributed by atoms with Crippen molar-refractivity contribution in [2.75, 3.05) is 0 Å². The molecule has 0 atom stereocenters. The third-order valence-electron chi connectivity index (χ3n) is 12.8. The Morgan fingerprint density at radius 1 is 0.508 bits per heavy atom. The van der Waals surface area contributed by atoms with E-state index in [9.17, 15) is 0 Å². The molecule has 13 rings (SSSR count). The second kappa shape index (κ2) is 11.7. The monoisotopic (exact) mass is 754 g/mol. The number of aromatic nitrogens is 4. The Hall–Kier alpha value is -7.63.